The van der Waals surface area contributed by atoms with Crippen molar-refractivity contribution in [2.24, 2.45) is 5.41 Å². The molecule has 0 spiro atoms. The van der Waals surface area contributed by atoms with E-state index in [1.807, 2.05) is 27.7 Å². The van der Waals surface area contributed by atoms with Gasteiger partial charge < -0.3 is 5.73 Å². The number of rotatable bonds is 3. The van der Waals surface area contributed by atoms with Crippen molar-refractivity contribution >= 4 is 15.7 Å². The van der Waals surface area contributed by atoms with E-state index in [0.29, 0.717) is 11.3 Å². The zero-order chi connectivity index (χ0) is 14.1. The summed E-state index contributed by atoms with van der Waals surface area (Å²) in [4.78, 5) is 0.249. The highest BCUT2D eigenvalue weighted by atomic mass is 32.2. The van der Waals surface area contributed by atoms with Crippen LogP contribution in [0.3, 0.4) is 0 Å². The van der Waals surface area contributed by atoms with E-state index < -0.39 is 10.0 Å². The Morgan fingerprint density at radius 2 is 1.83 bits per heavy atom. The van der Waals surface area contributed by atoms with Crippen LogP contribution in [0.2, 0.25) is 0 Å². The molecule has 0 saturated carbocycles. The van der Waals surface area contributed by atoms with Gasteiger partial charge in [-0.05, 0) is 37.0 Å². The number of nitrogen functional groups attached to an aromatic ring is 1. The minimum Gasteiger partial charge on any atom is -0.399 e. The van der Waals surface area contributed by atoms with Crippen LogP contribution in [0.1, 0.15) is 33.3 Å². The fraction of sp³-hybridized carbons (Fsp3) is 0.538. The van der Waals surface area contributed by atoms with Gasteiger partial charge in [-0.15, -0.1) is 0 Å². The summed E-state index contributed by atoms with van der Waals surface area (Å²) in [6.07, 6.45) is 0. The molecule has 0 aromatic heterocycles. The molecule has 1 rings (SSSR count). The number of aryl methyl sites for hydroxylation is 1. The number of nitrogens with two attached hydrogens (primary N) is 1. The zero-order valence-corrected chi connectivity index (χ0v) is 12.4. The first kappa shape index (κ1) is 15.0. The molecule has 102 valence electrons. The molecule has 0 fully saturated rings. The summed E-state index contributed by atoms with van der Waals surface area (Å²) in [5, 5.41) is 0. The van der Waals surface area contributed by atoms with E-state index in [1.54, 1.807) is 19.1 Å². The van der Waals surface area contributed by atoms with Crippen LogP contribution in [-0.4, -0.2) is 14.5 Å². The fourth-order valence-electron chi connectivity index (χ4n) is 1.38. The van der Waals surface area contributed by atoms with Gasteiger partial charge in [-0.25, -0.2) is 13.1 Å². The monoisotopic (exact) mass is 270 g/mol. The molecule has 0 radical (unpaired) electrons. The standard InChI is InChI=1S/C13H22N2O2S/c1-9-6-7-11(14)8-12(9)18(16,17)15-10(2)13(3,4)5/h6-8,10,15H,14H2,1-5H3. The Morgan fingerprint density at radius 1 is 1.28 bits per heavy atom. The molecule has 3 N–H and O–H groups in total. The predicted octanol–water partition coefficient (Wildman–Crippen LogP) is 2.29. The highest BCUT2D eigenvalue weighted by Gasteiger charge is 2.26. The lowest BCUT2D eigenvalue weighted by Crippen LogP contribution is -2.41. The smallest absolute Gasteiger partial charge is 0.241 e. The number of hydrogen-bond donors (Lipinski definition) is 2. The molecular formula is C13H22N2O2S. The maximum Gasteiger partial charge on any atom is 0.241 e. The third-order valence-electron chi connectivity index (χ3n) is 3.13. The van der Waals surface area contributed by atoms with Crippen molar-refractivity contribution in [1.82, 2.24) is 4.72 Å². The van der Waals surface area contributed by atoms with Gasteiger partial charge in [0, 0.05) is 11.7 Å². The average molecular weight is 270 g/mol. The van der Waals surface area contributed by atoms with Gasteiger partial charge in [-0.2, -0.15) is 0 Å². The Balaban J connectivity index is 3.11. The van der Waals surface area contributed by atoms with Crippen molar-refractivity contribution in [3.05, 3.63) is 23.8 Å². The molecule has 0 aliphatic carbocycles. The molecule has 0 heterocycles. The summed E-state index contributed by atoms with van der Waals surface area (Å²) in [6, 6.07) is 4.74. The van der Waals surface area contributed by atoms with Crippen molar-refractivity contribution in [2.45, 2.75) is 45.6 Å². The molecule has 18 heavy (non-hydrogen) atoms. The van der Waals surface area contributed by atoms with E-state index in [2.05, 4.69) is 4.72 Å². The molecule has 0 amide bonds. The highest BCUT2D eigenvalue weighted by molar-refractivity contribution is 7.89. The molecule has 4 nitrogen and oxygen atoms in total. The van der Waals surface area contributed by atoms with Gasteiger partial charge in [0.2, 0.25) is 10.0 Å². The molecule has 0 aliphatic heterocycles. The molecule has 1 aromatic rings. The quantitative estimate of drug-likeness (QED) is 0.828. The minimum absolute atomic E-state index is 0.138. The van der Waals surface area contributed by atoms with E-state index in [0.717, 1.165) is 0 Å². The Morgan fingerprint density at radius 3 is 2.33 bits per heavy atom. The lowest BCUT2D eigenvalue weighted by Gasteiger charge is -2.28. The van der Waals surface area contributed by atoms with E-state index in [1.165, 1.54) is 6.07 Å². The Bertz CT molecular complexity index is 530. The fourth-order valence-corrected chi connectivity index (χ4v) is 3.11. The summed E-state index contributed by atoms with van der Waals surface area (Å²) in [7, 11) is -3.53. The third-order valence-corrected chi connectivity index (χ3v) is 4.82. The van der Waals surface area contributed by atoms with Crippen molar-refractivity contribution in [1.29, 1.82) is 0 Å². The van der Waals surface area contributed by atoms with Crippen molar-refractivity contribution in [2.75, 3.05) is 5.73 Å². The normalized spacial score (nSPS) is 14.5. The maximum absolute atomic E-state index is 12.3. The van der Waals surface area contributed by atoms with Crippen molar-refractivity contribution in [3.8, 4) is 0 Å². The number of hydrogen-bond acceptors (Lipinski definition) is 3. The number of benzene rings is 1. The molecule has 1 unspecified atom stereocenters. The highest BCUT2D eigenvalue weighted by Crippen LogP contribution is 2.23. The first-order chi connectivity index (χ1) is 8.04. The Kier molecular flexibility index (Phi) is 4.08. The molecule has 0 aliphatic rings. The molecule has 1 aromatic carbocycles. The molecule has 1 atom stereocenters. The third kappa shape index (κ3) is 3.46. The maximum atomic E-state index is 12.3. The summed E-state index contributed by atoms with van der Waals surface area (Å²) in [6.45, 7) is 9.60. The summed E-state index contributed by atoms with van der Waals surface area (Å²) < 4.78 is 27.3. The zero-order valence-electron chi connectivity index (χ0n) is 11.6. The Hall–Kier alpha value is -1.07. The van der Waals surface area contributed by atoms with Gasteiger partial charge in [-0.1, -0.05) is 26.8 Å². The van der Waals surface area contributed by atoms with Gasteiger partial charge in [-0.3, -0.25) is 0 Å². The summed E-state index contributed by atoms with van der Waals surface area (Å²) >= 11 is 0. The van der Waals surface area contributed by atoms with Gasteiger partial charge >= 0.3 is 0 Å². The van der Waals surface area contributed by atoms with Gasteiger partial charge in [0.05, 0.1) is 4.90 Å². The van der Waals surface area contributed by atoms with E-state index >= 15 is 0 Å². The van der Waals surface area contributed by atoms with Crippen LogP contribution < -0.4 is 10.5 Å². The Labute approximate surface area is 110 Å². The topological polar surface area (TPSA) is 72.2 Å². The summed E-state index contributed by atoms with van der Waals surface area (Å²) in [5.74, 6) is 0. The van der Waals surface area contributed by atoms with Gasteiger partial charge in [0.1, 0.15) is 0 Å². The lowest BCUT2D eigenvalue weighted by atomic mass is 9.89. The molecule has 0 bridgehead atoms. The molecular weight excluding hydrogens is 248 g/mol. The number of nitrogens with one attached hydrogen (secondary N) is 1. The van der Waals surface area contributed by atoms with Gasteiger partial charge in [0.15, 0.2) is 0 Å². The second kappa shape index (κ2) is 4.90. The first-order valence-electron chi connectivity index (χ1n) is 5.92. The largest absolute Gasteiger partial charge is 0.399 e. The second-order valence-electron chi connectivity index (χ2n) is 5.73. The number of anilines is 1. The van der Waals surface area contributed by atoms with E-state index in [9.17, 15) is 8.42 Å². The van der Waals surface area contributed by atoms with E-state index in [4.69, 9.17) is 5.73 Å². The SMILES string of the molecule is Cc1ccc(N)cc1S(=O)(=O)NC(C)C(C)(C)C. The van der Waals surface area contributed by atoms with Crippen LogP contribution in [0.15, 0.2) is 23.1 Å². The first-order valence-corrected chi connectivity index (χ1v) is 7.41. The van der Waals surface area contributed by atoms with Crippen LogP contribution in [0, 0.1) is 12.3 Å². The predicted molar refractivity (Wildman–Crippen MR) is 74.8 cm³/mol. The van der Waals surface area contributed by atoms with Crippen molar-refractivity contribution in [3.63, 3.8) is 0 Å². The summed E-state index contributed by atoms with van der Waals surface area (Å²) in [5.41, 5.74) is 6.65. The molecule has 0 saturated heterocycles. The van der Waals surface area contributed by atoms with Crippen molar-refractivity contribution < 1.29 is 8.42 Å². The van der Waals surface area contributed by atoms with Crippen LogP contribution in [0.4, 0.5) is 5.69 Å². The van der Waals surface area contributed by atoms with Crippen LogP contribution in [0.5, 0.6) is 0 Å². The second-order valence-corrected chi connectivity index (χ2v) is 7.42. The minimum atomic E-state index is -3.53. The average Bonchev–Trinajstić information content (AvgIpc) is 2.19. The van der Waals surface area contributed by atoms with Crippen LogP contribution in [0.25, 0.3) is 0 Å². The van der Waals surface area contributed by atoms with Gasteiger partial charge in [0.25, 0.3) is 0 Å². The van der Waals surface area contributed by atoms with Crippen LogP contribution >= 0.6 is 0 Å². The number of sulfonamides is 1. The van der Waals surface area contributed by atoms with Crippen LogP contribution in [-0.2, 0) is 10.0 Å². The lowest BCUT2D eigenvalue weighted by molar-refractivity contribution is 0.317. The molecule has 5 heteroatoms. The van der Waals surface area contributed by atoms with E-state index in [-0.39, 0.29) is 16.4 Å².